The van der Waals surface area contributed by atoms with Gasteiger partial charge in [0.2, 0.25) is 5.91 Å². The monoisotopic (exact) mass is 430 g/mol. The summed E-state index contributed by atoms with van der Waals surface area (Å²) < 4.78 is 0. The lowest BCUT2D eigenvalue weighted by molar-refractivity contribution is -0.137. The standard InChI is InChI=1S/C26H42N2O3/c29-18-17-27(20-26(31)14-7-2-8-15-26)19-24(30)28-16-13-21-9-5-6-12-23(21)25(28)22-10-3-1-4-11-22/h9,12,22,25,29,31H,1-8,10-11,13-20H2. The summed E-state index contributed by atoms with van der Waals surface area (Å²) in [7, 11) is 0. The lowest BCUT2D eigenvalue weighted by atomic mass is 9.74. The first-order valence-electron chi connectivity index (χ1n) is 12.8. The van der Waals surface area contributed by atoms with Gasteiger partial charge in [-0.3, -0.25) is 9.69 Å². The third-order valence-corrected chi connectivity index (χ3v) is 8.06. The Balaban J connectivity index is 1.48. The number of nitrogens with zero attached hydrogens (tertiary/aromatic N) is 2. The minimum Gasteiger partial charge on any atom is -0.395 e. The van der Waals surface area contributed by atoms with Gasteiger partial charge in [-0.25, -0.2) is 0 Å². The normalized spacial score (nSPS) is 26.9. The van der Waals surface area contributed by atoms with Gasteiger partial charge in [-0.2, -0.15) is 0 Å². The maximum Gasteiger partial charge on any atom is 0.237 e. The highest BCUT2D eigenvalue weighted by molar-refractivity contribution is 5.80. The number of carbonyl (C=O) groups excluding carboxylic acids is 1. The van der Waals surface area contributed by atoms with Gasteiger partial charge in [0.05, 0.1) is 24.8 Å². The second-order valence-electron chi connectivity index (χ2n) is 10.4. The van der Waals surface area contributed by atoms with Crippen LogP contribution in [-0.4, -0.2) is 70.3 Å². The van der Waals surface area contributed by atoms with Crippen molar-refractivity contribution in [3.8, 4) is 0 Å². The van der Waals surface area contributed by atoms with Crippen molar-refractivity contribution in [2.45, 2.75) is 95.1 Å². The average Bonchev–Trinajstić information content (AvgIpc) is 2.79. The van der Waals surface area contributed by atoms with E-state index < -0.39 is 5.60 Å². The van der Waals surface area contributed by atoms with Crippen LogP contribution in [0.5, 0.6) is 0 Å². The molecule has 1 amide bonds. The Morgan fingerprint density at radius 2 is 1.77 bits per heavy atom. The third kappa shape index (κ3) is 5.61. The first-order chi connectivity index (χ1) is 15.1. The number of hydrogen-bond donors (Lipinski definition) is 2. The molecule has 3 fully saturated rings. The lowest BCUT2D eigenvalue weighted by Gasteiger charge is -2.46. The molecule has 31 heavy (non-hydrogen) atoms. The van der Waals surface area contributed by atoms with Crippen molar-refractivity contribution in [1.29, 1.82) is 0 Å². The Morgan fingerprint density at radius 1 is 1.06 bits per heavy atom. The fraction of sp³-hybridized carbons (Fsp3) is 0.808. The SMILES string of the molecule is O=C(CN(CCO)CC1(O)CCCCC1)N1CCC2=CCCC=C2C1C1CCCCC1. The minimum absolute atomic E-state index is 0.0213. The molecule has 1 aliphatic heterocycles. The molecule has 2 N–H and O–H groups in total. The van der Waals surface area contributed by atoms with Crippen molar-refractivity contribution in [2.24, 2.45) is 5.92 Å². The molecule has 0 aromatic heterocycles. The summed E-state index contributed by atoms with van der Waals surface area (Å²) in [6, 6.07) is 0.224. The maximum atomic E-state index is 13.6. The van der Waals surface area contributed by atoms with Crippen LogP contribution in [0.25, 0.3) is 0 Å². The van der Waals surface area contributed by atoms with Gasteiger partial charge in [-0.05, 0) is 62.0 Å². The smallest absolute Gasteiger partial charge is 0.237 e. The highest BCUT2D eigenvalue weighted by atomic mass is 16.3. The molecule has 0 aromatic carbocycles. The summed E-state index contributed by atoms with van der Waals surface area (Å²) >= 11 is 0. The van der Waals surface area contributed by atoms with E-state index in [1.54, 1.807) is 0 Å². The Labute approximate surface area is 188 Å². The van der Waals surface area contributed by atoms with E-state index in [4.69, 9.17) is 0 Å². The van der Waals surface area contributed by atoms with Gasteiger partial charge in [-0.15, -0.1) is 0 Å². The van der Waals surface area contributed by atoms with E-state index in [2.05, 4.69) is 17.1 Å². The molecule has 1 unspecified atom stereocenters. The van der Waals surface area contributed by atoms with Gasteiger partial charge in [0.1, 0.15) is 0 Å². The molecule has 0 bridgehead atoms. The van der Waals surface area contributed by atoms with E-state index in [9.17, 15) is 15.0 Å². The van der Waals surface area contributed by atoms with E-state index >= 15 is 0 Å². The molecular formula is C26H42N2O3. The van der Waals surface area contributed by atoms with Crippen LogP contribution >= 0.6 is 0 Å². The number of piperidine rings is 1. The van der Waals surface area contributed by atoms with Crippen LogP contribution in [0, 0.1) is 5.92 Å². The molecule has 174 valence electrons. The molecule has 5 nitrogen and oxygen atoms in total. The van der Waals surface area contributed by atoms with Crippen molar-refractivity contribution >= 4 is 5.91 Å². The number of carbonyl (C=O) groups is 1. The maximum absolute atomic E-state index is 13.6. The Kier molecular flexibility index (Phi) is 7.89. The van der Waals surface area contributed by atoms with E-state index in [0.29, 0.717) is 25.6 Å². The predicted molar refractivity (Wildman–Crippen MR) is 124 cm³/mol. The zero-order valence-corrected chi connectivity index (χ0v) is 19.2. The summed E-state index contributed by atoms with van der Waals surface area (Å²) in [5.74, 6) is 0.744. The minimum atomic E-state index is -0.708. The average molecular weight is 431 g/mol. The molecule has 4 rings (SSSR count). The molecule has 3 aliphatic carbocycles. The van der Waals surface area contributed by atoms with Gasteiger partial charge >= 0.3 is 0 Å². The summed E-state index contributed by atoms with van der Waals surface area (Å²) in [5.41, 5.74) is 2.20. The fourth-order valence-electron chi connectivity index (χ4n) is 6.51. The van der Waals surface area contributed by atoms with Gasteiger partial charge in [0.25, 0.3) is 0 Å². The van der Waals surface area contributed by atoms with Crippen LogP contribution in [-0.2, 0) is 4.79 Å². The van der Waals surface area contributed by atoms with E-state index in [1.807, 2.05) is 4.90 Å². The van der Waals surface area contributed by atoms with Crippen LogP contribution in [0.3, 0.4) is 0 Å². The summed E-state index contributed by atoms with van der Waals surface area (Å²) in [4.78, 5) is 17.8. The molecule has 0 radical (unpaired) electrons. The first kappa shape index (κ1) is 23.0. The number of allylic oxidation sites excluding steroid dienone is 2. The third-order valence-electron chi connectivity index (χ3n) is 8.06. The number of amides is 1. The predicted octanol–water partition coefficient (Wildman–Crippen LogP) is 3.80. The highest BCUT2D eigenvalue weighted by Crippen LogP contribution is 2.40. The number of hydrogen-bond acceptors (Lipinski definition) is 4. The van der Waals surface area contributed by atoms with Crippen molar-refractivity contribution < 1.29 is 15.0 Å². The molecule has 4 aliphatic rings. The zero-order valence-electron chi connectivity index (χ0n) is 19.2. The second kappa shape index (κ2) is 10.6. The molecule has 1 atom stereocenters. The Hall–Kier alpha value is -1.17. The van der Waals surface area contributed by atoms with Crippen LogP contribution in [0.15, 0.2) is 23.3 Å². The van der Waals surface area contributed by atoms with E-state index in [1.165, 1.54) is 49.7 Å². The van der Waals surface area contributed by atoms with Gasteiger partial charge in [-0.1, -0.05) is 50.7 Å². The lowest BCUT2D eigenvalue weighted by Crippen LogP contribution is -2.54. The molecule has 1 heterocycles. The number of fused-ring (bicyclic) bond motifs is 1. The molecule has 2 saturated carbocycles. The number of aliphatic hydroxyl groups is 2. The molecule has 1 saturated heterocycles. The Bertz CT molecular complexity index is 674. The quantitative estimate of drug-likeness (QED) is 0.645. The van der Waals surface area contributed by atoms with E-state index in [0.717, 1.165) is 51.5 Å². The largest absolute Gasteiger partial charge is 0.395 e. The van der Waals surface area contributed by atoms with E-state index in [-0.39, 0.29) is 18.6 Å². The summed E-state index contributed by atoms with van der Waals surface area (Å²) in [5, 5.41) is 20.7. The molecule has 5 heteroatoms. The first-order valence-corrected chi connectivity index (χ1v) is 12.8. The topological polar surface area (TPSA) is 64.0 Å². The van der Waals surface area contributed by atoms with Crippen molar-refractivity contribution in [1.82, 2.24) is 9.80 Å². The van der Waals surface area contributed by atoms with Crippen molar-refractivity contribution in [3.63, 3.8) is 0 Å². The van der Waals surface area contributed by atoms with Gasteiger partial charge in [0, 0.05) is 19.6 Å². The zero-order chi connectivity index (χ0) is 21.7. The number of likely N-dealkylation sites (tertiary alicyclic amines) is 1. The van der Waals surface area contributed by atoms with Crippen molar-refractivity contribution in [3.05, 3.63) is 23.3 Å². The highest BCUT2D eigenvalue weighted by Gasteiger charge is 2.39. The molecule has 0 spiro atoms. The number of aliphatic hydroxyl groups excluding tert-OH is 1. The summed E-state index contributed by atoms with van der Waals surface area (Å²) in [6.45, 7) is 2.07. The van der Waals surface area contributed by atoms with Gasteiger partial charge in [0.15, 0.2) is 0 Å². The van der Waals surface area contributed by atoms with Crippen LogP contribution in [0.1, 0.15) is 83.5 Å². The van der Waals surface area contributed by atoms with Gasteiger partial charge < -0.3 is 15.1 Å². The molecular weight excluding hydrogens is 388 g/mol. The Morgan fingerprint density at radius 3 is 2.52 bits per heavy atom. The van der Waals surface area contributed by atoms with Crippen LogP contribution in [0.2, 0.25) is 0 Å². The van der Waals surface area contributed by atoms with Crippen LogP contribution in [0.4, 0.5) is 0 Å². The fourth-order valence-corrected chi connectivity index (χ4v) is 6.51. The second-order valence-corrected chi connectivity index (χ2v) is 10.4. The number of rotatable bonds is 7. The van der Waals surface area contributed by atoms with Crippen molar-refractivity contribution in [2.75, 3.05) is 32.8 Å². The van der Waals surface area contributed by atoms with Crippen LogP contribution < -0.4 is 0 Å². The molecule has 0 aromatic rings. The summed E-state index contributed by atoms with van der Waals surface area (Å²) in [6.07, 6.45) is 19.2.